The summed E-state index contributed by atoms with van der Waals surface area (Å²) >= 11 is 1.76. The number of thiazole rings is 1. The Morgan fingerprint density at radius 1 is 1.33 bits per heavy atom. The summed E-state index contributed by atoms with van der Waals surface area (Å²) in [6.07, 6.45) is 0.969. The first-order valence-corrected chi connectivity index (χ1v) is 8.35. The van der Waals surface area contributed by atoms with Gasteiger partial charge in [0.05, 0.1) is 17.2 Å². The summed E-state index contributed by atoms with van der Waals surface area (Å²) in [4.78, 5) is 7.18. The second kappa shape index (κ2) is 5.43. The van der Waals surface area contributed by atoms with Crippen LogP contribution < -0.4 is 10.6 Å². The average molecular weight is 301 g/mol. The van der Waals surface area contributed by atoms with E-state index in [9.17, 15) is 0 Å². The molecule has 2 aromatic rings. The van der Waals surface area contributed by atoms with Crippen LogP contribution in [0.15, 0.2) is 29.6 Å². The Morgan fingerprint density at radius 3 is 2.81 bits per heavy atom. The molecular weight excluding hydrogens is 278 g/mol. The van der Waals surface area contributed by atoms with Crippen molar-refractivity contribution in [1.29, 1.82) is 0 Å². The van der Waals surface area contributed by atoms with Crippen molar-refractivity contribution in [1.82, 2.24) is 4.98 Å². The highest BCUT2D eigenvalue weighted by Crippen LogP contribution is 2.30. The number of para-hydroxylation sites is 1. The molecular formula is C17H23N3S. The summed E-state index contributed by atoms with van der Waals surface area (Å²) in [5.41, 5.74) is 10.1. The predicted molar refractivity (Wildman–Crippen MR) is 90.0 cm³/mol. The summed E-state index contributed by atoms with van der Waals surface area (Å²) in [7, 11) is 0. The summed E-state index contributed by atoms with van der Waals surface area (Å²) in [5.74, 6) is 0. The van der Waals surface area contributed by atoms with E-state index in [0.717, 1.165) is 25.2 Å². The average Bonchev–Trinajstić information content (AvgIpc) is 2.87. The van der Waals surface area contributed by atoms with Gasteiger partial charge in [-0.25, -0.2) is 4.98 Å². The van der Waals surface area contributed by atoms with Gasteiger partial charge in [-0.3, -0.25) is 0 Å². The molecule has 1 unspecified atom stereocenters. The quantitative estimate of drug-likeness (QED) is 0.925. The number of anilines is 1. The molecule has 1 aromatic carbocycles. The third-order valence-electron chi connectivity index (χ3n) is 3.82. The van der Waals surface area contributed by atoms with E-state index in [1.54, 1.807) is 11.3 Å². The van der Waals surface area contributed by atoms with E-state index in [2.05, 4.69) is 55.3 Å². The van der Waals surface area contributed by atoms with E-state index in [4.69, 9.17) is 10.7 Å². The van der Waals surface area contributed by atoms with Gasteiger partial charge in [0, 0.05) is 29.1 Å². The molecule has 0 fully saturated rings. The SMILES string of the molecule is CC(C)(C)c1nc(CN2CC(N)Cc3ccccc32)cs1. The highest BCUT2D eigenvalue weighted by molar-refractivity contribution is 7.09. The minimum atomic E-state index is 0.124. The Kier molecular flexibility index (Phi) is 3.76. The number of nitrogens with zero attached hydrogens (tertiary/aromatic N) is 2. The van der Waals surface area contributed by atoms with Crippen molar-refractivity contribution in [2.24, 2.45) is 5.73 Å². The van der Waals surface area contributed by atoms with Gasteiger partial charge < -0.3 is 10.6 Å². The Hall–Kier alpha value is -1.39. The molecule has 0 saturated heterocycles. The fourth-order valence-electron chi connectivity index (χ4n) is 2.79. The molecule has 3 rings (SSSR count). The monoisotopic (exact) mass is 301 g/mol. The van der Waals surface area contributed by atoms with Crippen LogP contribution in [0.4, 0.5) is 5.69 Å². The maximum atomic E-state index is 6.21. The van der Waals surface area contributed by atoms with Gasteiger partial charge in [-0.1, -0.05) is 39.0 Å². The fraction of sp³-hybridized carbons (Fsp3) is 0.471. The lowest BCUT2D eigenvalue weighted by atomic mass is 9.98. The van der Waals surface area contributed by atoms with Crippen molar-refractivity contribution in [2.75, 3.05) is 11.4 Å². The first-order valence-electron chi connectivity index (χ1n) is 7.47. The standard InChI is InChI=1S/C17H23N3S/c1-17(2,3)16-19-14(11-21-16)10-20-9-13(18)8-12-6-4-5-7-15(12)20/h4-7,11,13H,8-10,18H2,1-3H3. The molecule has 0 amide bonds. The maximum absolute atomic E-state index is 6.21. The zero-order valence-electron chi connectivity index (χ0n) is 13.0. The second-order valence-corrected chi connectivity index (χ2v) is 7.73. The van der Waals surface area contributed by atoms with E-state index in [0.29, 0.717) is 0 Å². The van der Waals surface area contributed by atoms with Crippen LogP contribution in [-0.2, 0) is 18.4 Å². The molecule has 1 aromatic heterocycles. The van der Waals surface area contributed by atoms with Gasteiger partial charge in [0.1, 0.15) is 0 Å². The van der Waals surface area contributed by atoms with Crippen molar-refractivity contribution < 1.29 is 0 Å². The van der Waals surface area contributed by atoms with E-state index in [1.165, 1.54) is 16.3 Å². The largest absolute Gasteiger partial charge is 0.364 e. The van der Waals surface area contributed by atoms with Gasteiger partial charge in [0.2, 0.25) is 0 Å². The molecule has 2 heterocycles. The first kappa shape index (κ1) is 14.5. The van der Waals surface area contributed by atoms with Crippen LogP contribution in [0.1, 0.15) is 37.0 Å². The molecule has 1 atom stereocenters. The van der Waals surface area contributed by atoms with Gasteiger partial charge in [0.15, 0.2) is 0 Å². The van der Waals surface area contributed by atoms with Gasteiger partial charge >= 0.3 is 0 Å². The minimum absolute atomic E-state index is 0.124. The lowest BCUT2D eigenvalue weighted by Crippen LogP contribution is -2.42. The number of nitrogens with two attached hydrogens (primary N) is 1. The van der Waals surface area contributed by atoms with Crippen LogP contribution in [0.5, 0.6) is 0 Å². The van der Waals surface area contributed by atoms with Crippen LogP contribution in [-0.4, -0.2) is 17.6 Å². The molecule has 0 radical (unpaired) electrons. The Bertz CT molecular complexity index is 627. The van der Waals surface area contributed by atoms with E-state index in [1.807, 2.05) is 0 Å². The molecule has 0 spiro atoms. The highest BCUT2D eigenvalue weighted by atomic mass is 32.1. The maximum Gasteiger partial charge on any atom is 0.0982 e. The van der Waals surface area contributed by atoms with Crippen LogP contribution in [0.25, 0.3) is 0 Å². The van der Waals surface area contributed by atoms with Crippen molar-refractivity contribution in [2.45, 2.75) is 45.2 Å². The molecule has 0 saturated carbocycles. The lowest BCUT2D eigenvalue weighted by Gasteiger charge is -2.34. The summed E-state index contributed by atoms with van der Waals surface area (Å²) < 4.78 is 0. The summed E-state index contributed by atoms with van der Waals surface area (Å²) in [5, 5.41) is 3.38. The fourth-order valence-corrected chi connectivity index (χ4v) is 3.69. The molecule has 1 aliphatic rings. The van der Waals surface area contributed by atoms with Gasteiger partial charge in [-0.05, 0) is 18.1 Å². The van der Waals surface area contributed by atoms with Gasteiger partial charge in [-0.15, -0.1) is 11.3 Å². The number of hydrogen-bond acceptors (Lipinski definition) is 4. The third kappa shape index (κ3) is 3.11. The number of benzene rings is 1. The molecule has 21 heavy (non-hydrogen) atoms. The molecule has 1 aliphatic heterocycles. The lowest BCUT2D eigenvalue weighted by molar-refractivity contribution is 0.575. The predicted octanol–water partition coefficient (Wildman–Crippen LogP) is 3.33. The molecule has 112 valence electrons. The number of rotatable bonds is 2. The molecule has 4 heteroatoms. The summed E-state index contributed by atoms with van der Waals surface area (Å²) in [6.45, 7) is 8.38. The third-order valence-corrected chi connectivity index (χ3v) is 5.13. The Labute approximate surface area is 130 Å². The van der Waals surface area contributed by atoms with Crippen molar-refractivity contribution >= 4 is 17.0 Å². The number of aromatic nitrogens is 1. The molecule has 0 bridgehead atoms. The molecule has 0 aliphatic carbocycles. The topological polar surface area (TPSA) is 42.2 Å². The van der Waals surface area contributed by atoms with Crippen LogP contribution in [0.3, 0.4) is 0 Å². The Balaban J connectivity index is 1.83. The van der Waals surface area contributed by atoms with Crippen LogP contribution in [0.2, 0.25) is 0 Å². The van der Waals surface area contributed by atoms with Gasteiger partial charge in [-0.2, -0.15) is 0 Å². The van der Waals surface area contributed by atoms with Crippen molar-refractivity contribution in [3.8, 4) is 0 Å². The van der Waals surface area contributed by atoms with Crippen molar-refractivity contribution in [3.63, 3.8) is 0 Å². The second-order valence-electron chi connectivity index (χ2n) is 6.87. The Morgan fingerprint density at radius 2 is 2.10 bits per heavy atom. The van der Waals surface area contributed by atoms with Crippen LogP contribution in [0, 0.1) is 0 Å². The highest BCUT2D eigenvalue weighted by Gasteiger charge is 2.23. The normalized spacial score (nSPS) is 18.7. The number of fused-ring (bicyclic) bond motifs is 1. The summed E-state index contributed by atoms with van der Waals surface area (Å²) in [6, 6.07) is 8.78. The smallest absolute Gasteiger partial charge is 0.0982 e. The van der Waals surface area contributed by atoms with E-state index >= 15 is 0 Å². The van der Waals surface area contributed by atoms with Crippen molar-refractivity contribution in [3.05, 3.63) is 45.9 Å². The number of hydrogen-bond donors (Lipinski definition) is 1. The van der Waals surface area contributed by atoms with E-state index in [-0.39, 0.29) is 11.5 Å². The molecule has 3 nitrogen and oxygen atoms in total. The van der Waals surface area contributed by atoms with Gasteiger partial charge in [0.25, 0.3) is 0 Å². The van der Waals surface area contributed by atoms with Crippen LogP contribution >= 0.6 is 11.3 Å². The zero-order valence-corrected chi connectivity index (χ0v) is 13.8. The first-order chi connectivity index (χ1) is 9.93. The molecule has 2 N–H and O–H groups in total. The minimum Gasteiger partial charge on any atom is -0.364 e. The van der Waals surface area contributed by atoms with E-state index < -0.39 is 0 Å². The zero-order chi connectivity index (χ0) is 15.0.